The molecule has 0 atom stereocenters. The van der Waals surface area contributed by atoms with Crippen molar-refractivity contribution in [3.63, 3.8) is 0 Å². The number of rotatable bonds is 6. The van der Waals surface area contributed by atoms with Crippen LogP contribution in [0.1, 0.15) is 26.7 Å². The van der Waals surface area contributed by atoms with Crippen LogP contribution >= 0.6 is 0 Å². The second-order valence-electron chi connectivity index (χ2n) is 5.64. The highest BCUT2D eigenvalue weighted by atomic mass is 16.5. The molecule has 0 aliphatic carbocycles. The van der Waals surface area contributed by atoms with E-state index in [2.05, 4.69) is 0 Å². The van der Waals surface area contributed by atoms with Crippen molar-refractivity contribution in [2.24, 2.45) is 22.8 Å². The van der Waals surface area contributed by atoms with E-state index in [9.17, 15) is 9.59 Å². The lowest BCUT2D eigenvalue weighted by atomic mass is 9.78. The summed E-state index contributed by atoms with van der Waals surface area (Å²) in [6, 6.07) is 0. The number of carbonyl (C=O) groups excluding carboxylic acids is 2. The van der Waals surface area contributed by atoms with Gasteiger partial charge in [-0.25, -0.2) is 0 Å². The first-order chi connectivity index (χ1) is 8.91. The first-order valence-corrected chi connectivity index (χ1v) is 6.77. The van der Waals surface area contributed by atoms with E-state index < -0.39 is 11.3 Å². The molecule has 0 bridgehead atoms. The Morgan fingerprint density at radius 3 is 2.32 bits per heavy atom. The van der Waals surface area contributed by atoms with Gasteiger partial charge in [0.25, 0.3) is 0 Å². The van der Waals surface area contributed by atoms with Crippen molar-refractivity contribution in [1.82, 2.24) is 4.90 Å². The molecular formula is C13H25N3O3. The number of hydrogen-bond donors (Lipinski definition) is 2. The van der Waals surface area contributed by atoms with Gasteiger partial charge in [0.1, 0.15) is 0 Å². The second-order valence-corrected chi connectivity index (χ2v) is 5.64. The van der Waals surface area contributed by atoms with Crippen LogP contribution in [-0.4, -0.2) is 49.6 Å². The van der Waals surface area contributed by atoms with Crippen LogP contribution in [0.5, 0.6) is 0 Å². The van der Waals surface area contributed by atoms with Crippen molar-refractivity contribution in [1.29, 1.82) is 0 Å². The Labute approximate surface area is 114 Å². The van der Waals surface area contributed by atoms with E-state index in [1.54, 1.807) is 4.90 Å². The molecule has 1 aliphatic heterocycles. The van der Waals surface area contributed by atoms with Gasteiger partial charge < -0.3 is 21.1 Å². The summed E-state index contributed by atoms with van der Waals surface area (Å²) in [5.74, 6) is -0.281. The highest BCUT2D eigenvalue weighted by molar-refractivity contribution is 5.87. The van der Waals surface area contributed by atoms with Crippen molar-refractivity contribution in [2.45, 2.75) is 26.7 Å². The van der Waals surface area contributed by atoms with Crippen molar-refractivity contribution < 1.29 is 14.3 Å². The van der Waals surface area contributed by atoms with Crippen LogP contribution in [0, 0.1) is 11.3 Å². The zero-order valence-electron chi connectivity index (χ0n) is 11.9. The lowest BCUT2D eigenvalue weighted by Gasteiger charge is -2.39. The van der Waals surface area contributed by atoms with Gasteiger partial charge in [0, 0.05) is 26.3 Å². The third kappa shape index (κ3) is 4.18. The van der Waals surface area contributed by atoms with E-state index in [4.69, 9.17) is 16.2 Å². The normalized spacial score (nSPS) is 18.3. The van der Waals surface area contributed by atoms with Crippen LogP contribution < -0.4 is 11.5 Å². The molecule has 0 unspecified atom stereocenters. The van der Waals surface area contributed by atoms with Crippen LogP contribution in [0.15, 0.2) is 0 Å². The molecule has 1 rings (SSSR count). The molecule has 6 nitrogen and oxygen atoms in total. The number of primary amides is 1. The maximum absolute atomic E-state index is 12.7. The summed E-state index contributed by atoms with van der Waals surface area (Å²) in [7, 11) is 0. The fourth-order valence-electron chi connectivity index (χ4n) is 2.45. The van der Waals surface area contributed by atoms with Gasteiger partial charge in [-0.15, -0.1) is 0 Å². The van der Waals surface area contributed by atoms with E-state index in [0.29, 0.717) is 32.6 Å². The van der Waals surface area contributed by atoms with Crippen molar-refractivity contribution >= 4 is 11.8 Å². The van der Waals surface area contributed by atoms with Crippen molar-refractivity contribution in [2.75, 3.05) is 32.8 Å². The standard InChI is InChI=1S/C13H25N3O3/c1-10(2)7-16(8-11(15)17)12(18)13(9-14)3-5-19-6-4-13/h10H,3-9,14H2,1-2H3,(H2,15,17). The molecule has 2 amide bonds. The molecule has 0 spiro atoms. The number of nitrogens with zero attached hydrogens (tertiary/aromatic N) is 1. The summed E-state index contributed by atoms with van der Waals surface area (Å²) in [5.41, 5.74) is 10.5. The Kier molecular flexibility index (Phi) is 5.75. The number of carbonyl (C=O) groups is 2. The Morgan fingerprint density at radius 2 is 1.89 bits per heavy atom. The smallest absolute Gasteiger partial charge is 0.237 e. The van der Waals surface area contributed by atoms with Gasteiger partial charge in [-0.05, 0) is 18.8 Å². The largest absolute Gasteiger partial charge is 0.381 e. The molecule has 0 aromatic rings. The second kappa shape index (κ2) is 6.86. The summed E-state index contributed by atoms with van der Waals surface area (Å²) in [6.45, 7) is 5.83. The number of hydrogen-bond acceptors (Lipinski definition) is 4. The Bertz CT molecular complexity index is 325. The highest BCUT2D eigenvalue weighted by Crippen LogP contribution is 2.31. The molecule has 4 N–H and O–H groups in total. The lowest BCUT2D eigenvalue weighted by Crippen LogP contribution is -2.53. The summed E-state index contributed by atoms with van der Waals surface area (Å²) < 4.78 is 5.30. The van der Waals surface area contributed by atoms with Crippen LogP contribution in [0.2, 0.25) is 0 Å². The average Bonchev–Trinajstić information content (AvgIpc) is 2.36. The van der Waals surface area contributed by atoms with Gasteiger partial charge in [-0.1, -0.05) is 13.8 Å². The predicted molar refractivity (Wildman–Crippen MR) is 72.2 cm³/mol. The van der Waals surface area contributed by atoms with Gasteiger partial charge in [0.05, 0.1) is 12.0 Å². The molecule has 0 aromatic carbocycles. The van der Waals surface area contributed by atoms with E-state index in [1.807, 2.05) is 13.8 Å². The van der Waals surface area contributed by atoms with Crippen molar-refractivity contribution in [3.8, 4) is 0 Å². The lowest BCUT2D eigenvalue weighted by molar-refractivity contribution is -0.149. The summed E-state index contributed by atoms with van der Waals surface area (Å²) >= 11 is 0. The van der Waals surface area contributed by atoms with E-state index >= 15 is 0 Å². The quantitative estimate of drug-likeness (QED) is 0.693. The molecule has 19 heavy (non-hydrogen) atoms. The van der Waals surface area contributed by atoms with Gasteiger partial charge in [0.15, 0.2) is 0 Å². The molecule has 1 aliphatic rings. The van der Waals surface area contributed by atoms with Crippen LogP contribution in [0.4, 0.5) is 0 Å². The summed E-state index contributed by atoms with van der Waals surface area (Å²) in [6.07, 6.45) is 1.21. The number of amides is 2. The molecule has 1 fully saturated rings. The molecule has 0 aromatic heterocycles. The van der Waals surface area contributed by atoms with Crippen molar-refractivity contribution in [3.05, 3.63) is 0 Å². The van der Waals surface area contributed by atoms with E-state index in [1.165, 1.54) is 0 Å². The predicted octanol–water partition coefficient (Wildman–Crippen LogP) is -0.288. The fraction of sp³-hybridized carbons (Fsp3) is 0.846. The number of ether oxygens (including phenoxy) is 1. The maximum atomic E-state index is 12.7. The summed E-state index contributed by atoms with van der Waals surface area (Å²) in [4.78, 5) is 25.4. The molecule has 110 valence electrons. The molecule has 1 heterocycles. The minimum atomic E-state index is -0.595. The average molecular weight is 271 g/mol. The molecule has 1 saturated heterocycles. The molecule has 0 saturated carbocycles. The van der Waals surface area contributed by atoms with Gasteiger partial charge in [-0.2, -0.15) is 0 Å². The number of nitrogens with two attached hydrogens (primary N) is 2. The molecular weight excluding hydrogens is 246 g/mol. The van der Waals surface area contributed by atoms with E-state index in [-0.39, 0.29) is 24.9 Å². The van der Waals surface area contributed by atoms with Gasteiger partial charge in [0.2, 0.25) is 11.8 Å². The minimum absolute atomic E-state index is 0.0420. The Balaban J connectivity index is 2.85. The third-order valence-electron chi connectivity index (χ3n) is 3.51. The van der Waals surface area contributed by atoms with Crippen LogP contribution in [0.25, 0.3) is 0 Å². The maximum Gasteiger partial charge on any atom is 0.237 e. The molecule has 6 heteroatoms. The zero-order chi connectivity index (χ0) is 14.5. The first kappa shape index (κ1) is 15.9. The molecule has 0 radical (unpaired) electrons. The minimum Gasteiger partial charge on any atom is -0.381 e. The third-order valence-corrected chi connectivity index (χ3v) is 3.51. The van der Waals surface area contributed by atoms with Crippen LogP contribution in [0.3, 0.4) is 0 Å². The topological polar surface area (TPSA) is 98.7 Å². The highest BCUT2D eigenvalue weighted by Gasteiger charge is 2.41. The van der Waals surface area contributed by atoms with Gasteiger partial charge in [-0.3, -0.25) is 9.59 Å². The van der Waals surface area contributed by atoms with E-state index in [0.717, 1.165) is 0 Å². The zero-order valence-corrected chi connectivity index (χ0v) is 11.9. The van der Waals surface area contributed by atoms with Gasteiger partial charge >= 0.3 is 0 Å². The SMILES string of the molecule is CC(C)CN(CC(N)=O)C(=O)C1(CN)CCOCC1. The fourth-order valence-corrected chi connectivity index (χ4v) is 2.45. The Morgan fingerprint density at radius 1 is 1.32 bits per heavy atom. The monoisotopic (exact) mass is 271 g/mol. The Hall–Kier alpha value is -1.14. The first-order valence-electron chi connectivity index (χ1n) is 6.77. The van der Waals surface area contributed by atoms with Crippen LogP contribution in [-0.2, 0) is 14.3 Å². The summed E-state index contributed by atoms with van der Waals surface area (Å²) in [5, 5.41) is 0.